The summed E-state index contributed by atoms with van der Waals surface area (Å²) in [5.74, 6) is 0. The molecule has 0 aliphatic rings. The molecule has 0 aromatic heterocycles. The van der Waals surface area contributed by atoms with Crippen LogP contribution in [0.15, 0.2) is 0 Å². The fourth-order valence-electron chi connectivity index (χ4n) is 1.50. The third kappa shape index (κ3) is 3.55. The second kappa shape index (κ2) is 6.44. The number of methoxy groups -OCH3 is 1. The lowest BCUT2D eigenvalue weighted by atomic mass is 9.79. The van der Waals surface area contributed by atoms with Crippen LogP contribution in [-0.4, -0.2) is 25.4 Å². The van der Waals surface area contributed by atoms with E-state index >= 15 is 0 Å². The first-order valence-electron chi connectivity index (χ1n) is 4.84. The first-order chi connectivity index (χ1) is 5.74. The zero-order valence-corrected chi connectivity index (χ0v) is 8.60. The lowest BCUT2D eigenvalue weighted by Gasteiger charge is -2.29. The highest BCUT2D eigenvalue weighted by atomic mass is 16.5. The largest absolute Gasteiger partial charge is 0.396 e. The molecule has 0 fully saturated rings. The number of rotatable bonds is 7. The fraction of sp³-hybridized carbons (Fsp3) is 1.00. The maximum atomic E-state index is 9.24. The maximum absolute atomic E-state index is 9.24. The molecule has 0 bridgehead atoms. The Hall–Kier alpha value is -0.0800. The standard InChI is InChI=1S/C10H22O2/c1-4-10(5-2,9-11)7-6-8-12-3/h11H,4-9H2,1-3H3. The summed E-state index contributed by atoms with van der Waals surface area (Å²) in [6.45, 7) is 5.41. The van der Waals surface area contributed by atoms with E-state index in [1.54, 1.807) is 7.11 Å². The number of aliphatic hydroxyl groups excluding tert-OH is 1. The van der Waals surface area contributed by atoms with Crippen LogP contribution in [-0.2, 0) is 4.74 Å². The summed E-state index contributed by atoms with van der Waals surface area (Å²) in [6, 6.07) is 0. The van der Waals surface area contributed by atoms with Crippen molar-refractivity contribution in [2.24, 2.45) is 5.41 Å². The van der Waals surface area contributed by atoms with Gasteiger partial charge in [-0.1, -0.05) is 13.8 Å². The van der Waals surface area contributed by atoms with Crippen molar-refractivity contribution in [1.82, 2.24) is 0 Å². The van der Waals surface area contributed by atoms with E-state index in [1.807, 2.05) is 0 Å². The van der Waals surface area contributed by atoms with Crippen LogP contribution in [0.1, 0.15) is 39.5 Å². The van der Waals surface area contributed by atoms with Crippen molar-refractivity contribution in [3.8, 4) is 0 Å². The summed E-state index contributed by atoms with van der Waals surface area (Å²) in [7, 11) is 1.72. The Labute approximate surface area is 75.9 Å². The molecule has 0 saturated carbocycles. The Kier molecular flexibility index (Phi) is 6.39. The van der Waals surface area contributed by atoms with E-state index in [9.17, 15) is 5.11 Å². The Bertz CT molecular complexity index is 89.7. The van der Waals surface area contributed by atoms with E-state index < -0.39 is 0 Å². The SMILES string of the molecule is CCC(CC)(CO)CCCOC. The summed E-state index contributed by atoms with van der Waals surface area (Å²) in [6.07, 6.45) is 4.25. The molecular weight excluding hydrogens is 152 g/mol. The van der Waals surface area contributed by atoms with Crippen molar-refractivity contribution < 1.29 is 9.84 Å². The van der Waals surface area contributed by atoms with Crippen LogP contribution >= 0.6 is 0 Å². The van der Waals surface area contributed by atoms with Gasteiger partial charge in [0.1, 0.15) is 0 Å². The van der Waals surface area contributed by atoms with Gasteiger partial charge in [0, 0.05) is 20.3 Å². The fourth-order valence-corrected chi connectivity index (χ4v) is 1.50. The zero-order valence-electron chi connectivity index (χ0n) is 8.60. The highest BCUT2D eigenvalue weighted by Gasteiger charge is 2.24. The molecule has 2 heteroatoms. The van der Waals surface area contributed by atoms with Gasteiger partial charge in [-0.3, -0.25) is 0 Å². The smallest absolute Gasteiger partial charge is 0.0487 e. The van der Waals surface area contributed by atoms with Gasteiger partial charge in [0.25, 0.3) is 0 Å². The van der Waals surface area contributed by atoms with E-state index in [0.717, 1.165) is 32.3 Å². The predicted octanol–water partition coefficient (Wildman–Crippen LogP) is 2.21. The summed E-state index contributed by atoms with van der Waals surface area (Å²) >= 11 is 0. The second-order valence-corrected chi connectivity index (χ2v) is 3.46. The van der Waals surface area contributed by atoms with Crippen molar-refractivity contribution in [2.45, 2.75) is 39.5 Å². The van der Waals surface area contributed by atoms with Crippen LogP contribution in [0.25, 0.3) is 0 Å². The van der Waals surface area contributed by atoms with Gasteiger partial charge < -0.3 is 9.84 Å². The molecule has 0 aliphatic carbocycles. The van der Waals surface area contributed by atoms with Crippen molar-refractivity contribution >= 4 is 0 Å². The van der Waals surface area contributed by atoms with Gasteiger partial charge in [-0.05, 0) is 31.1 Å². The Morgan fingerprint density at radius 3 is 2.17 bits per heavy atom. The Morgan fingerprint density at radius 1 is 1.25 bits per heavy atom. The van der Waals surface area contributed by atoms with E-state index in [2.05, 4.69) is 13.8 Å². The minimum absolute atomic E-state index is 0.151. The summed E-state index contributed by atoms with van der Waals surface area (Å²) in [5, 5.41) is 9.24. The van der Waals surface area contributed by atoms with Crippen molar-refractivity contribution in [3.63, 3.8) is 0 Å². The Morgan fingerprint density at radius 2 is 1.83 bits per heavy atom. The van der Waals surface area contributed by atoms with Gasteiger partial charge in [0.2, 0.25) is 0 Å². The third-order valence-electron chi connectivity index (χ3n) is 2.89. The second-order valence-electron chi connectivity index (χ2n) is 3.46. The lowest BCUT2D eigenvalue weighted by Crippen LogP contribution is -2.24. The molecule has 0 spiro atoms. The van der Waals surface area contributed by atoms with Crippen LogP contribution in [0.3, 0.4) is 0 Å². The molecule has 0 amide bonds. The molecule has 0 rings (SSSR count). The molecule has 0 aromatic carbocycles. The molecule has 74 valence electrons. The lowest BCUT2D eigenvalue weighted by molar-refractivity contribution is 0.0897. The first kappa shape index (κ1) is 11.9. The highest BCUT2D eigenvalue weighted by Crippen LogP contribution is 2.30. The topological polar surface area (TPSA) is 29.5 Å². The quantitative estimate of drug-likeness (QED) is 0.600. The van der Waals surface area contributed by atoms with E-state index in [-0.39, 0.29) is 5.41 Å². The van der Waals surface area contributed by atoms with Crippen LogP contribution in [0.2, 0.25) is 0 Å². The van der Waals surface area contributed by atoms with E-state index in [0.29, 0.717) is 6.61 Å². The van der Waals surface area contributed by atoms with Crippen molar-refractivity contribution in [2.75, 3.05) is 20.3 Å². The average molecular weight is 174 g/mol. The molecule has 2 nitrogen and oxygen atoms in total. The molecule has 0 atom stereocenters. The van der Waals surface area contributed by atoms with E-state index in [4.69, 9.17) is 4.74 Å². The normalized spacial score (nSPS) is 12.0. The highest BCUT2D eigenvalue weighted by molar-refractivity contribution is 4.75. The van der Waals surface area contributed by atoms with E-state index in [1.165, 1.54) is 0 Å². The first-order valence-corrected chi connectivity index (χ1v) is 4.84. The summed E-state index contributed by atoms with van der Waals surface area (Å²) in [4.78, 5) is 0. The summed E-state index contributed by atoms with van der Waals surface area (Å²) < 4.78 is 4.99. The zero-order chi connectivity index (χ0) is 9.45. The molecule has 0 aliphatic heterocycles. The van der Waals surface area contributed by atoms with Gasteiger partial charge >= 0.3 is 0 Å². The van der Waals surface area contributed by atoms with Gasteiger partial charge in [-0.15, -0.1) is 0 Å². The van der Waals surface area contributed by atoms with Crippen LogP contribution < -0.4 is 0 Å². The van der Waals surface area contributed by atoms with Crippen LogP contribution in [0.4, 0.5) is 0 Å². The summed E-state index contributed by atoms with van der Waals surface area (Å²) in [5.41, 5.74) is 0.151. The number of ether oxygens (including phenoxy) is 1. The number of hydrogen-bond acceptors (Lipinski definition) is 2. The molecule has 0 heterocycles. The molecule has 1 N–H and O–H groups in total. The van der Waals surface area contributed by atoms with Crippen molar-refractivity contribution in [1.29, 1.82) is 0 Å². The minimum atomic E-state index is 0.151. The molecular formula is C10H22O2. The molecule has 0 aromatic rings. The van der Waals surface area contributed by atoms with Crippen LogP contribution in [0, 0.1) is 5.41 Å². The predicted molar refractivity (Wildman–Crippen MR) is 51.2 cm³/mol. The number of aliphatic hydroxyl groups is 1. The van der Waals surface area contributed by atoms with Gasteiger partial charge in [0.05, 0.1) is 0 Å². The molecule has 0 unspecified atom stereocenters. The minimum Gasteiger partial charge on any atom is -0.396 e. The molecule has 0 saturated heterocycles. The average Bonchev–Trinajstić information content (AvgIpc) is 2.14. The third-order valence-corrected chi connectivity index (χ3v) is 2.89. The molecule has 0 radical (unpaired) electrons. The molecule has 12 heavy (non-hydrogen) atoms. The Balaban J connectivity index is 3.76. The number of hydrogen-bond donors (Lipinski definition) is 1. The van der Waals surface area contributed by atoms with Gasteiger partial charge in [-0.25, -0.2) is 0 Å². The van der Waals surface area contributed by atoms with Crippen LogP contribution in [0.5, 0.6) is 0 Å². The van der Waals surface area contributed by atoms with Crippen molar-refractivity contribution in [3.05, 3.63) is 0 Å². The maximum Gasteiger partial charge on any atom is 0.0487 e. The van der Waals surface area contributed by atoms with Gasteiger partial charge in [0.15, 0.2) is 0 Å². The van der Waals surface area contributed by atoms with Gasteiger partial charge in [-0.2, -0.15) is 0 Å². The monoisotopic (exact) mass is 174 g/mol.